The van der Waals surface area contributed by atoms with Crippen LogP contribution in [0.5, 0.6) is 0 Å². The van der Waals surface area contributed by atoms with Gasteiger partial charge in [0.15, 0.2) is 0 Å². The number of hydrogen-bond acceptors (Lipinski definition) is 5. The van der Waals surface area contributed by atoms with Crippen molar-refractivity contribution >= 4 is 26.7 Å². The van der Waals surface area contributed by atoms with Gasteiger partial charge < -0.3 is 4.90 Å². The number of alkyl halides is 3. The number of nitrogens with zero attached hydrogens (tertiary/aromatic N) is 4. The Kier molecular flexibility index (Phi) is 6.93. The molecule has 1 atom stereocenters. The summed E-state index contributed by atoms with van der Waals surface area (Å²) >= 11 is 0. The second-order valence-electron chi connectivity index (χ2n) is 9.07. The molecule has 1 N–H and O–H groups in total. The largest absolute Gasteiger partial charge is 0.416 e. The minimum Gasteiger partial charge on any atom is -0.333 e. The Balaban J connectivity index is 1.31. The van der Waals surface area contributed by atoms with Gasteiger partial charge in [0.05, 0.1) is 34.9 Å². The van der Waals surface area contributed by atoms with E-state index in [0.717, 1.165) is 47.5 Å². The molecule has 3 aromatic carbocycles. The van der Waals surface area contributed by atoms with Crippen LogP contribution in [-0.2, 0) is 21.0 Å². The lowest BCUT2D eigenvalue weighted by molar-refractivity contribution is -0.137. The maximum absolute atomic E-state index is 13.1. The first-order valence-electron chi connectivity index (χ1n) is 12.0. The fourth-order valence-corrected chi connectivity index (χ4v) is 5.61. The highest BCUT2D eigenvalue weighted by molar-refractivity contribution is 7.89. The fourth-order valence-electron chi connectivity index (χ4n) is 4.59. The first-order chi connectivity index (χ1) is 18.1. The predicted molar refractivity (Wildman–Crippen MR) is 134 cm³/mol. The molecule has 1 amide bonds. The van der Waals surface area contributed by atoms with Crippen molar-refractivity contribution in [1.29, 1.82) is 0 Å². The van der Waals surface area contributed by atoms with Crippen molar-refractivity contribution in [2.75, 3.05) is 13.1 Å². The molecule has 8 nitrogen and oxygen atoms in total. The van der Waals surface area contributed by atoms with Gasteiger partial charge in [-0.3, -0.25) is 4.79 Å². The molecular weight excluding hydrogens is 519 g/mol. The number of carbonyl (C=O) groups excluding carboxylic acids is 1. The van der Waals surface area contributed by atoms with E-state index < -0.39 is 45.2 Å². The third kappa shape index (κ3) is 5.41. The molecule has 1 fully saturated rings. The van der Waals surface area contributed by atoms with Crippen LogP contribution in [0.3, 0.4) is 0 Å². The molecule has 1 unspecified atom stereocenters. The Labute approximate surface area is 217 Å². The minimum absolute atomic E-state index is 0.400. The van der Waals surface area contributed by atoms with E-state index in [9.17, 15) is 26.4 Å². The van der Waals surface area contributed by atoms with Crippen molar-refractivity contribution in [3.63, 3.8) is 0 Å². The predicted octanol–water partition coefficient (Wildman–Crippen LogP) is 4.47. The van der Waals surface area contributed by atoms with Crippen LogP contribution >= 0.6 is 0 Å². The summed E-state index contributed by atoms with van der Waals surface area (Å²) < 4.78 is 68.1. The van der Waals surface area contributed by atoms with Crippen LogP contribution in [0.4, 0.5) is 13.2 Å². The lowest BCUT2D eigenvalue weighted by atomic mass is 9.99. The fraction of sp³-hybridized carbons (Fsp3) is 0.269. The molecular formula is C26H24F3N5O3S. The Morgan fingerprint density at radius 3 is 2.58 bits per heavy atom. The van der Waals surface area contributed by atoms with Gasteiger partial charge >= 0.3 is 6.18 Å². The zero-order valence-corrected chi connectivity index (χ0v) is 20.9. The Hall–Kier alpha value is -3.77. The van der Waals surface area contributed by atoms with E-state index in [0.29, 0.717) is 24.7 Å². The number of fused-ring (bicyclic) bond motifs is 1. The van der Waals surface area contributed by atoms with Crippen LogP contribution in [0.15, 0.2) is 77.8 Å². The van der Waals surface area contributed by atoms with E-state index in [1.54, 1.807) is 15.8 Å². The van der Waals surface area contributed by atoms with Crippen molar-refractivity contribution in [2.24, 2.45) is 0 Å². The molecule has 12 heteroatoms. The highest BCUT2D eigenvalue weighted by Crippen LogP contribution is 2.31. The quantitative estimate of drug-likeness (QED) is 0.387. The lowest BCUT2D eigenvalue weighted by Gasteiger charge is -2.34. The number of rotatable bonds is 6. The highest BCUT2D eigenvalue weighted by Gasteiger charge is 2.33. The van der Waals surface area contributed by atoms with E-state index in [2.05, 4.69) is 15.0 Å². The van der Waals surface area contributed by atoms with Gasteiger partial charge in [-0.25, -0.2) is 17.8 Å². The Morgan fingerprint density at radius 1 is 1.00 bits per heavy atom. The number of carbonyl (C=O) groups is 1. The number of amides is 1. The smallest absolute Gasteiger partial charge is 0.333 e. The molecule has 0 spiro atoms. The maximum atomic E-state index is 13.1. The summed E-state index contributed by atoms with van der Waals surface area (Å²) in [4.78, 5) is 14.1. The summed E-state index contributed by atoms with van der Waals surface area (Å²) in [5.41, 5.74) is 0.300. The molecule has 5 rings (SSSR count). The Morgan fingerprint density at radius 2 is 1.79 bits per heavy atom. The zero-order chi connectivity index (χ0) is 26.9. The number of benzene rings is 3. The van der Waals surface area contributed by atoms with Crippen molar-refractivity contribution in [3.8, 4) is 5.69 Å². The van der Waals surface area contributed by atoms with Crippen LogP contribution in [0, 0.1) is 0 Å². The summed E-state index contributed by atoms with van der Waals surface area (Å²) in [5, 5.41) is 10.7. The SMILES string of the molecule is O=C(CNS(=O)(=O)c1cccc(C(F)(F)F)c1)N1CCCCC1c1cn(-c2ccc3ccccc3c2)nn1. The molecule has 0 saturated carbocycles. The standard InChI is InChI=1S/C26H24F3N5O3S/c27-26(28,29)20-8-5-9-22(15-20)38(36,37)30-16-25(35)33-13-4-3-10-24(33)23-17-34(32-31-23)21-12-11-18-6-1-2-7-19(18)14-21/h1-2,5-9,11-12,14-15,17,24,30H,3-4,10,13,16H2. The van der Waals surface area contributed by atoms with Gasteiger partial charge in [-0.05, 0) is 60.4 Å². The molecule has 4 aromatic rings. The summed E-state index contributed by atoms with van der Waals surface area (Å²) in [6.07, 6.45) is -0.711. The number of aromatic nitrogens is 3. The highest BCUT2D eigenvalue weighted by atomic mass is 32.2. The molecule has 1 saturated heterocycles. The number of piperidine rings is 1. The van der Waals surface area contributed by atoms with Gasteiger partial charge in [0.1, 0.15) is 5.69 Å². The summed E-state index contributed by atoms with van der Waals surface area (Å²) in [5.74, 6) is -0.495. The van der Waals surface area contributed by atoms with Crippen molar-refractivity contribution < 1.29 is 26.4 Å². The van der Waals surface area contributed by atoms with E-state index in [1.165, 1.54) is 0 Å². The second-order valence-corrected chi connectivity index (χ2v) is 10.8. The second kappa shape index (κ2) is 10.2. The number of halogens is 3. The van der Waals surface area contributed by atoms with E-state index in [4.69, 9.17) is 0 Å². The number of nitrogens with one attached hydrogen (secondary N) is 1. The minimum atomic E-state index is -4.69. The molecule has 1 aliphatic rings. The summed E-state index contributed by atoms with van der Waals surface area (Å²) in [6.45, 7) is -0.189. The van der Waals surface area contributed by atoms with Gasteiger partial charge in [0, 0.05) is 6.54 Å². The maximum Gasteiger partial charge on any atom is 0.416 e. The van der Waals surface area contributed by atoms with Crippen molar-refractivity contribution in [3.05, 3.63) is 84.2 Å². The molecule has 0 bridgehead atoms. The van der Waals surface area contributed by atoms with Crippen LogP contribution in [0.2, 0.25) is 0 Å². The van der Waals surface area contributed by atoms with Crippen LogP contribution < -0.4 is 4.72 Å². The lowest BCUT2D eigenvalue weighted by Crippen LogP contribution is -2.44. The van der Waals surface area contributed by atoms with E-state index >= 15 is 0 Å². The monoisotopic (exact) mass is 543 g/mol. The van der Waals surface area contributed by atoms with Crippen molar-refractivity contribution in [2.45, 2.75) is 36.4 Å². The summed E-state index contributed by atoms with van der Waals surface area (Å²) in [6, 6.07) is 16.8. The van der Waals surface area contributed by atoms with Gasteiger partial charge in [0.2, 0.25) is 15.9 Å². The first kappa shape index (κ1) is 25.9. The van der Waals surface area contributed by atoms with Gasteiger partial charge in [0.25, 0.3) is 0 Å². The third-order valence-electron chi connectivity index (χ3n) is 6.56. The first-order valence-corrected chi connectivity index (χ1v) is 13.5. The van der Waals surface area contributed by atoms with Gasteiger partial charge in [-0.15, -0.1) is 5.10 Å². The topological polar surface area (TPSA) is 97.2 Å². The van der Waals surface area contributed by atoms with E-state index in [-0.39, 0.29) is 0 Å². The van der Waals surface area contributed by atoms with Crippen LogP contribution in [-0.4, -0.2) is 47.3 Å². The molecule has 0 radical (unpaired) electrons. The normalized spacial score (nSPS) is 16.6. The van der Waals surface area contributed by atoms with Crippen molar-refractivity contribution in [1.82, 2.24) is 24.6 Å². The summed E-state index contributed by atoms with van der Waals surface area (Å²) in [7, 11) is -4.34. The molecule has 2 heterocycles. The zero-order valence-electron chi connectivity index (χ0n) is 20.1. The number of likely N-dealkylation sites (tertiary alicyclic amines) is 1. The number of sulfonamides is 1. The molecule has 38 heavy (non-hydrogen) atoms. The third-order valence-corrected chi connectivity index (χ3v) is 7.96. The molecule has 198 valence electrons. The van der Waals surface area contributed by atoms with Gasteiger partial charge in [-0.2, -0.15) is 13.2 Å². The van der Waals surface area contributed by atoms with Gasteiger partial charge in [-0.1, -0.05) is 41.6 Å². The average Bonchev–Trinajstić information content (AvgIpc) is 3.41. The molecule has 1 aliphatic heterocycles. The Bertz CT molecular complexity index is 1590. The number of hydrogen-bond donors (Lipinski definition) is 1. The molecule has 1 aromatic heterocycles. The average molecular weight is 544 g/mol. The molecule has 0 aliphatic carbocycles. The van der Waals surface area contributed by atoms with Crippen LogP contribution in [0.25, 0.3) is 16.5 Å². The van der Waals surface area contributed by atoms with Crippen LogP contribution in [0.1, 0.15) is 36.6 Å². The van der Waals surface area contributed by atoms with E-state index in [1.807, 2.05) is 42.5 Å².